The number of hydrogen-bond donors (Lipinski definition) is 1. The lowest BCUT2D eigenvalue weighted by molar-refractivity contribution is 0.0583. The molecule has 0 spiro atoms. The van der Waals surface area contributed by atoms with Crippen LogP contribution in [-0.2, 0) is 6.54 Å². The molecule has 1 saturated carbocycles. The standard InChI is InChI=1S/C27H37FN6O/c1-18-4-5-21(24(28)12-18)17-32-10-8-23(9-11-32)33-15-20(3)34(16-19(33)2)26-14-29-25(13-30-26)27(35)31-22-6-7-22/h4-5,12-14,19-20,22-23H,6-11,15-17H2,1-3H3,(H,31,35)/t19-,20+/m0/s1. The van der Waals surface area contributed by atoms with Gasteiger partial charge in [0.2, 0.25) is 0 Å². The Bertz CT molecular complexity index is 1030. The number of piperidine rings is 1. The second-order valence-corrected chi connectivity index (χ2v) is 10.7. The molecule has 8 heteroatoms. The van der Waals surface area contributed by atoms with Crippen molar-refractivity contribution in [3.05, 3.63) is 53.2 Å². The number of hydrogen-bond acceptors (Lipinski definition) is 6. The van der Waals surface area contributed by atoms with E-state index in [1.165, 1.54) is 0 Å². The van der Waals surface area contributed by atoms with Gasteiger partial charge >= 0.3 is 0 Å². The first-order chi connectivity index (χ1) is 16.9. The molecule has 2 atom stereocenters. The Morgan fingerprint density at radius 2 is 1.83 bits per heavy atom. The minimum Gasteiger partial charge on any atom is -0.350 e. The summed E-state index contributed by atoms with van der Waals surface area (Å²) in [6.07, 6.45) is 7.67. The number of piperazine rings is 1. The zero-order valence-electron chi connectivity index (χ0n) is 21.1. The van der Waals surface area contributed by atoms with Crippen molar-refractivity contribution in [2.75, 3.05) is 31.1 Å². The zero-order valence-corrected chi connectivity index (χ0v) is 21.1. The van der Waals surface area contributed by atoms with Crippen LogP contribution in [0.3, 0.4) is 0 Å². The third kappa shape index (κ3) is 5.64. The SMILES string of the molecule is Cc1ccc(CN2CCC(N3C[C@@H](C)N(c4cnc(C(=O)NC5CC5)cn4)C[C@@H]3C)CC2)c(F)c1. The van der Waals surface area contributed by atoms with E-state index in [4.69, 9.17) is 0 Å². The maximum Gasteiger partial charge on any atom is 0.271 e. The zero-order chi connectivity index (χ0) is 24.5. The summed E-state index contributed by atoms with van der Waals surface area (Å²) >= 11 is 0. The highest BCUT2D eigenvalue weighted by Gasteiger charge is 2.35. The van der Waals surface area contributed by atoms with Crippen LogP contribution in [-0.4, -0.2) is 76.0 Å². The van der Waals surface area contributed by atoms with Crippen LogP contribution < -0.4 is 10.2 Å². The summed E-state index contributed by atoms with van der Waals surface area (Å²) in [4.78, 5) is 28.5. The molecule has 1 aromatic carbocycles. The Morgan fingerprint density at radius 1 is 1.06 bits per heavy atom. The van der Waals surface area contributed by atoms with Gasteiger partial charge in [0.25, 0.3) is 5.91 Å². The molecule has 1 aromatic heterocycles. The number of nitrogens with one attached hydrogen (secondary N) is 1. The Balaban J connectivity index is 1.14. The van der Waals surface area contributed by atoms with Crippen LogP contribution in [0.4, 0.5) is 10.2 Å². The van der Waals surface area contributed by atoms with Crippen LogP contribution in [0.15, 0.2) is 30.6 Å². The highest BCUT2D eigenvalue weighted by Crippen LogP contribution is 2.27. The fourth-order valence-electron chi connectivity index (χ4n) is 5.49. The number of anilines is 1. The largest absolute Gasteiger partial charge is 0.350 e. The van der Waals surface area contributed by atoms with Crippen molar-refractivity contribution in [3.63, 3.8) is 0 Å². The molecule has 0 bridgehead atoms. The molecule has 3 aliphatic rings. The first kappa shape index (κ1) is 24.1. The van der Waals surface area contributed by atoms with Crippen molar-refractivity contribution >= 4 is 11.7 Å². The van der Waals surface area contributed by atoms with Gasteiger partial charge in [0, 0.05) is 49.4 Å². The summed E-state index contributed by atoms with van der Waals surface area (Å²) in [5.74, 6) is 0.613. The van der Waals surface area contributed by atoms with Crippen LogP contribution >= 0.6 is 0 Å². The number of aromatic nitrogens is 2. The molecule has 1 N–H and O–H groups in total. The maximum atomic E-state index is 14.3. The molecule has 1 amide bonds. The van der Waals surface area contributed by atoms with E-state index < -0.39 is 0 Å². The lowest BCUT2D eigenvalue weighted by Crippen LogP contribution is -2.61. The lowest BCUT2D eigenvalue weighted by Gasteiger charge is -2.49. The van der Waals surface area contributed by atoms with Crippen molar-refractivity contribution in [2.24, 2.45) is 0 Å². The van der Waals surface area contributed by atoms with Crippen LogP contribution in [0.1, 0.15) is 61.1 Å². The summed E-state index contributed by atoms with van der Waals surface area (Å²) in [7, 11) is 0. The molecule has 2 aliphatic heterocycles. The Morgan fingerprint density at radius 3 is 2.49 bits per heavy atom. The molecule has 2 saturated heterocycles. The molecule has 0 unspecified atom stereocenters. The van der Waals surface area contributed by atoms with Crippen molar-refractivity contribution in [3.8, 4) is 0 Å². The fourth-order valence-corrected chi connectivity index (χ4v) is 5.49. The van der Waals surface area contributed by atoms with E-state index in [2.05, 4.69) is 43.8 Å². The van der Waals surface area contributed by atoms with E-state index >= 15 is 0 Å². The molecule has 0 radical (unpaired) electrons. The van der Waals surface area contributed by atoms with Crippen LogP contribution in [0.2, 0.25) is 0 Å². The Kier molecular flexibility index (Phi) is 7.02. The normalized spacial score (nSPS) is 24.5. The number of nitrogens with zero attached hydrogens (tertiary/aromatic N) is 5. The average molecular weight is 481 g/mol. The predicted octanol–water partition coefficient (Wildman–Crippen LogP) is 3.38. The molecule has 188 valence electrons. The highest BCUT2D eigenvalue weighted by atomic mass is 19.1. The molecular weight excluding hydrogens is 443 g/mol. The van der Waals surface area contributed by atoms with E-state index in [1.807, 2.05) is 19.1 Å². The van der Waals surface area contributed by atoms with Gasteiger partial charge in [0.1, 0.15) is 17.3 Å². The second-order valence-electron chi connectivity index (χ2n) is 10.7. The number of amides is 1. The van der Waals surface area contributed by atoms with Gasteiger partial charge in [-0.3, -0.25) is 14.6 Å². The predicted molar refractivity (Wildman–Crippen MR) is 135 cm³/mol. The third-order valence-electron chi connectivity index (χ3n) is 7.74. The number of likely N-dealkylation sites (tertiary alicyclic amines) is 1. The maximum absolute atomic E-state index is 14.3. The van der Waals surface area contributed by atoms with E-state index in [0.29, 0.717) is 36.4 Å². The topological polar surface area (TPSA) is 64.6 Å². The van der Waals surface area contributed by atoms with Gasteiger partial charge in [-0.1, -0.05) is 12.1 Å². The summed E-state index contributed by atoms with van der Waals surface area (Å²) in [5.41, 5.74) is 2.15. The van der Waals surface area contributed by atoms with E-state index in [1.54, 1.807) is 18.5 Å². The molecule has 1 aliphatic carbocycles. The van der Waals surface area contributed by atoms with Crippen LogP contribution in [0.25, 0.3) is 0 Å². The number of rotatable bonds is 6. The fraction of sp³-hybridized carbons (Fsp3) is 0.593. The van der Waals surface area contributed by atoms with Gasteiger partial charge in [0.05, 0.1) is 12.4 Å². The monoisotopic (exact) mass is 480 g/mol. The average Bonchev–Trinajstić information content (AvgIpc) is 3.67. The van der Waals surface area contributed by atoms with E-state index in [-0.39, 0.29) is 11.7 Å². The number of carbonyl (C=O) groups is 1. The number of halogens is 1. The molecule has 7 nitrogen and oxygen atoms in total. The number of carbonyl (C=O) groups excluding carboxylic acids is 1. The minimum absolute atomic E-state index is 0.0923. The van der Waals surface area contributed by atoms with E-state index in [0.717, 1.165) is 68.8 Å². The Labute approximate surface area is 207 Å². The summed E-state index contributed by atoms with van der Waals surface area (Å²) in [6, 6.07) is 7.12. The summed E-state index contributed by atoms with van der Waals surface area (Å²) < 4.78 is 14.3. The summed E-state index contributed by atoms with van der Waals surface area (Å²) in [6.45, 7) is 11.0. The first-order valence-electron chi connectivity index (χ1n) is 13.0. The van der Waals surface area contributed by atoms with Gasteiger partial charge in [0.15, 0.2) is 0 Å². The van der Waals surface area contributed by atoms with Crippen molar-refractivity contribution in [1.29, 1.82) is 0 Å². The second kappa shape index (κ2) is 10.2. The lowest BCUT2D eigenvalue weighted by atomic mass is 9.97. The molecule has 3 fully saturated rings. The van der Waals surface area contributed by atoms with Crippen LogP contribution in [0, 0.1) is 12.7 Å². The van der Waals surface area contributed by atoms with Gasteiger partial charge in [-0.15, -0.1) is 0 Å². The van der Waals surface area contributed by atoms with Crippen molar-refractivity contribution in [2.45, 2.75) is 77.2 Å². The van der Waals surface area contributed by atoms with Gasteiger partial charge in [-0.2, -0.15) is 0 Å². The molecular formula is C27H37FN6O. The smallest absolute Gasteiger partial charge is 0.271 e. The van der Waals surface area contributed by atoms with Crippen molar-refractivity contribution in [1.82, 2.24) is 25.1 Å². The number of benzene rings is 1. The van der Waals surface area contributed by atoms with Crippen LogP contribution in [0.5, 0.6) is 0 Å². The third-order valence-corrected chi connectivity index (χ3v) is 7.74. The van der Waals surface area contributed by atoms with E-state index in [9.17, 15) is 9.18 Å². The van der Waals surface area contributed by atoms with Gasteiger partial charge in [-0.25, -0.2) is 14.4 Å². The molecule has 35 heavy (non-hydrogen) atoms. The first-order valence-corrected chi connectivity index (χ1v) is 13.0. The molecule has 3 heterocycles. The Hall–Kier alpha value is -2.58. The quantitative estimate of drug-likeness (QED) is 0.684. The number of aryl methyl sites for hydroxylation is 1. The van der Waals surface area contributed by atoms with Gasteiger partial charge in [-0.05, 0) is 71.2 Å². The van der Waals surface area contributed by atoms with Crippen molar-refractivity contribution < 1.29 is 9.18 Å². The van der Waals surface area contributed by atoms with Gasteiger partial charge < -0.3 is 10.2 Å². The molecule has 2 aromatic rings. The summed E-state index contributed by atoms with van der Waals surface area (Å²) in [5, 5.41) is 2.96. The minimum atomic E-state index is -0.130. The molecule has 5 rings (SSSR count). The highest BCUT2D eigenvalue weighted by molar-refractivity contribution is 5.92.